The summed E-state index contributed by atoms with van der Waals surface area (Å²) in [5.41, 5.74) is 0.946. The Labute approximate surface area is 159 Å². The van der Waals surface area contributed by atoms with Crippen LogP contribution in [0.3, 0.4) is 0 Å². The first-order valence-corrected chi connectivity index (χ1v) is 9.80. The van der Waals surface area contributed by atoms with Crippen LogP contribution in [-0.4, -0.2) is 43.9 Å². The van der Waals surface area contributed by atoms with Crippen molar-refractivity contribution in [1.29, 1.82) is 0 Å². The van der Waals surface area contributed by atoms with Crippen LogP contribution in [0.1, 0.15) is 29.2 Å². The number of furan rings is 1. The molecule has 0 radical (unpaired) electrons. The highest BCUT2D eigenvalue weighted by molar-refractivity contribution is 8.00. The Morgan fingerprint density at radius 2 is 1.96 bits per heavy atom. The molecule has 3 aromatic rings. The third kappa shape index (κ3) is 2.89. The molecule has 0 aliphatic carbocycles. The molecule has 0 N–H and O–H groups in total. The van der Waals surface area contributed by atoms with Crippen LogP contribution in [0.5, 0.6) is 0 Å². The molecule has 4 heterocycles. The van der Waals surface area contributed by atoms with E-state index in [1.165, 1.54) is 28.6 Å². The van der Waals surface area contributed by atoms with Crippen molar-refractivity contribution < 1.29 is 13.6 Å². The number of halogens is 1. The number of rotatable bonds is 4. The smallest absolute Gasteiger partial charge is 0.264 e. The maximum atomic E-state index is 13.4. The number of hydrogen-bond donors (Lipinski definition) is 0. The summed E-state index contributed by atoms with van der Waals surface area (Å²) in [7, 11) is 0. The first-order valence-electron chi connectivity index (χ1n) is 8.92. The maximum Gasteiger partial charge on any atom is 0.264 e. The SMILES string of the molecule is O=C1C(C(c2ccc(F)cc2)N2CCCC2)Sc2nc(-c3ccco3)nn21. The number of benzene rings is 1. The van der Waals surface area contributed by atoms with Crippen molar-refractivity contribution in [2.45, 2.75) is 29.3 Å². The summed E-state index contributed by atoms with van der Waals surface area (Å²) in [6, 6.07) is 9.86. The number of carbonyl (C=O) groups excluding carboxylic acids is 1. The van der Waals surface area contributed by atoms with E-state index in [0.29, 0.717) is 16.7 Å². The predicted molar refractivity (Wildman–Crippen MR) is 97.9 cm³/mol. The second-order valence-corrected chi connectivity index (χ2v) is 7.83. The number of aromatic nitrogens is 3. The Bertz CT molecular complexity index is 964. The summed E-state index contributed by atoms with van der Waals surface area (Å²) in [4.78, 5) is 19.9. The lowest BCUT2D eigenvalue weighted by Crippen LogP contribution is -2.37. The highest BCUT2D eigenvalue weighted by Crippen LogP contribution is 2.42. The van der Waals surface area contributed by atoms with E-state index < -0.39 is 0 Å². The lowest BCUT2D eigenvalue weighted by molar-refractivity contribution is 0.0848. The summed E-state index contributed by atoms with van der Waals surface area (Å²) < 4.78 is 20.1. The van der Waals surface area contributed by atoms with Crippen molar-refractivity contribution in [2.75, 3.05) is 13.1 Å². The van der Waals surface area contributed by atoms with Gasteiger partial charge in [0.15, 0.2) is 10.9 Å². The van der Waals surface area contributed by atoms with Gasteiger partial charge in [0.05, 0.1) is 12.3 Å². The number of hydrogen-bond acceptors (Lipinski definition) is 6. The van der Waals surface area contributed by atoms with Crippen molar-refractivity contribution in [3.05, 3.63) is 54.0 Å². The first kappa shape index (κ1) is 16.7. The van der Waals surface area contributed by atoms with E-state index in [1.54, 1.807) is 30.5 Å². The van der Waals surface area contributed by atoms with Crippen LogP contribution in [0, 0.1) is 5.82 Å². The summed E-state index contributed by atoms with van der Waals surface area (Å²) in [5, 5.41) is 4.56. The highest BCUT2D eigenvalue weighted by Gasteiger charge is 2.43. The summed E-state index contributed by atoms with van der Waals surface area (Å²) in [5.74, 6) is 0.578. The van der Waals surface area contributed by atoms with Gasteiger partial charge in [-0.3, -0.25) is 9.69 Å². The van der Waals surface area contributed by atoms with E-state index in [4.69, 9.17) is 4.42 Å². The second kappa shape index (κ2) is 6.61. The molecule has 2 aliphatic heterocycles. The molecule has 1 fully saturated rings. The molecule has 0 bridgehead atoms. The summed E-state index contributed by atoms with van der Waals surface area (Å²) in [6.07, 6.45) is 3.76. The lowest BCUT2D eigenvalue weighted by atomic mass is 10.0. The van der Waals surface area contributed by atoms with Gasteiger partial charge in [0, 0.05) is 0 Å². The van der Waals surface area contributed by atoms with Crippen LogP contribution in [0.4, 0.5) is 4.39 Å². The largest absolute Gasteiger partial charge is 0.461 e. The van der Waals surface area contributed by atoms with Crippen LogP contribution in [0.2, 0.25) is 0 Å². The highest BCUT2D eigenvalue weighted by atomic mass is 32.2. The van der Waals surface area contributed by atoms with Gasteiger partial charge in [-0.15, -0.1) is 5.10 Å². The minimum absolute atomic E-state index is 0.0958. The van der Waals surface area contributed by atoms with Crippen molar-refractivity contribution in [2.24, 2.45) is 0 Å². The van der Waals surface area contributed by atoms with Gasteiger partial charge in [-0.1, -0.05) is 23.9 Å². The average Bonchev–Trinajstić information content (AvgIpc) is 3.44. The fraction of sp³-hybridized carbons (Fsp3) is 0.316. The number of thioether (sulfide) groups is 1. The van der Waals surface area contributed by atoms with E-state index in [-0.39, 0.29) is 23.0 Å². The topological polar surface area (TPSA) is 64.2 Å². The molecule has 6 nitrogen and oxygen atoms in total. The van der Waals surface area contributed by atoms with E-state index in [1.807, 2.05) is 0 Å². The Morgan fingerprint density at radius 3 is 2.63 bits per heavy atom. The molecule has 2 atom stereocenters. The van der Waals surface area contributed by atoms with E-state index >= 15 is 0 Å². The van der Waals surface area contributed by atoms with Crippen LogP contribution >= 0.6 is 11.8 Å². The van der Waals surface area contributed by atoms with Gasteiger partial charge in [-0.25, -0.2) is 4.39 Å². The van der Waals surface area contributed by atoms with Gasteiger partial charge < -0.3 is 4.42 Å². The molecular formula is C19H17FN4O2S. The predicted octanol–water partition coefficient (Wildman–Crippen LogP) is 3.63. The molecule has 1 saturated heterocycles. The molecule has 0 amide bonds. The Balaban J connectivity index is 1.48. The number of likely N-dealkylation sites (tertiary alicyclic amines) is 1. The van der Waals surface area contributed by atoms with Crippen LogP contribution < -0.4 is 0 Å². The molecule has 5 rings (SSSR count). The number of nitrogens with zero attached hydrogens (tertiary/aromatic N) is 4. The van der Waals surface area contributed by atoms with E-state index in [0.717, 1.165) is 31.5 Å². The molecule has 138 valence electrons. The molecule has 1 aromatic carbocycles. The zero-order valence-corrected chi connectivity index (χ0v) is 15.2. The minimum Gasteiger partial charge on any atom is -0.461 e. The summed E-state index contributed by atoms with van der Waals surface area (Å²) in [6.45, 7) is 1.86. The molecule has 27 heavy (non-hydrogen) atoms. The third-order valence-electron chi connectivity index (χ3n) is 5.04. The third-order valence-corrected chi connectivity index (χ3v) is 6.22. The average molecular weight is 384 g/mol. The Kier molecular flexibility index (Phi) is 4.09. The molecule has 0 saturated carbocycles. The fourth-order valence-electron chi connectivity index (χ4n) is 3.77. The molecule has 2 aromatic heterocycles. The molecule has 0 spiro atoms. The van der Waals surface area contributed by atoms with E-state index in [2.05, 4.69) is 15.0 Å². The molecule has 8 heteroatoms. The van der Waals surface area contributed by atoms with Gasteiger partial charge in [-0.05, 0) is 55.8 Å². The monoisotopic (exact) mass is 384 g/mol. The van der Waals surface area contributed by atoms with Gasteiger partial charge in [0.1, 0.15) is 11.1 Å². The van der Waals surface area contributed by atoms with Crippen molar-refractivity contribution in [3.8, 4) is 11.6 Å². The molecule has 2 unspecified atom stereocenters. The van der Waals surface area contributed by atoms with Crippen LogP contribution in [0.15, 0.2) is 52.2 Å². The Morgan fingerprint density at radius 1 is 1.19 bits per heavy atom. The first-order chi connectivity index (χ1) is 13.2. The van der Waals surface area contributed by atoms with Crippen molar-refractivity contribution in [1.82, 2.24) is 19.7 Å². The second-order valence-electron chi connectivity index (χ2n) is 6.72. The summed E-state index contributed by atoms with van der Waals surface area (Å²) >= 11 is 1.42. The van der Waals surface area contributed by atoms with Gasteiger partial charge in [0.2, 0.25) is 5.82 Å². The van der Waals surface area contributed by atoms with Crippen molar-refractivity contribution in [3.63, 3.8) is 0 Å². The van der Waals surface area contributed by atoms with Crippen molar-refractivity contribution >= 4 is 17.7 Å². The van der Waals surface area contributed by atoms with Gasteiger partial charge in [0.25, 0.3) is 5.91 Å². The van der Waals surface area contributed by atoms with E-state index in [9.17, 15) is 9.18 Å². The number of fused-ring (bicyclic) bond motifs is 1. The van der Waals surface area contributed by atoms with Crippen LogP contribution in [-0.2, 0) is 0 Å². The van der Waals surface area contributed by atoms with Gasteiger partial charge >= 0.3 is 0 Å². The maximum absolute atomic E-state index is 13.4. The normalized spacial score (nSPS) is 20.9. The number of carbonyl (C=O) groups is 1. The standard InChI is InChI=1S/C19H17FN4O2S/c20-13-7-5-12(6-8-13)15(23-9-1-2-10-23)16-18(25)24-19(27-16)21-17(22-24)14-4-3-11-26-14/h3-8,11,15-16H,1-2,9-10H2. The van der Waals surface area contributed by atoms with Gasteiger partial charge in [-0.2, -0.15) is 9.67 Å². The molecular weight excluding hydrogens is 367 g/mol. The molecule has 2 aliphatic rings. The Hall–Kier alpha value is -2.45. The minimum atomic E-state index is -0.353. The van der Waals surface area contributed by atoms with Crippen LogP contribution in [0.25, 0.3) is 11.6 Å². The fourth-order valence-corrected chi connectivity index (χ4v) is 5.02. The lowest BCUT2D eigenvalue weighted by Gasteiger charge is -2.31. The quantitative estimate of drug-likeness (QED) is 0.684. The zero-order chi connectivity index (χ0) is 18.4. The zero-order valence-electron chi connectivity index (χ0n) is 14.4.